The molecule has 1 radical (unpaired) electrons. The molecule has 0 amide bonds. The molecule has 1 N–H and O–H groups in total. The average molecular weight is 652 g/mol. The normalized spacial score (nSPS) is 10.9. The summed E-state index contributed by atoms with van der Waals surface area (Å²) in [6, 6.07) is 62.2. The molecule has 0 spiro atoms. The van der Waals surface area contributed by atoms with Gasteiger partial charge in [-0.2, -0.15) is 0 Å². The van der Waals surface area contributed by atoms with Gasteiger partial charge in [-0.25, -0.2) is 0 Å². The van der Waals surface area contributed by atoms with E-state index >= 15 is 0 Å². The summed E-state index contributed by atoms with van der Waals surface area (Å²) in [5.74, 6) is 0.555. The molecule has 0 heterocycles. The third kappa shape index (κ3) is 6.89. The summed E-state index contributed by atoms with van der Waals surface area (Å²) >= 11 is -3.55. The van der Waals surface area contributed by atoms with E-state index in [-0.39, 0.29) is 4.44 Å². The Bertz CT molecular complexity index is 1450. The molecule has 0 saturated carbocycles. The van der Waals surface area contributed by atoms with E-state index in [1.807, 2.05) is 54.6 Å². The molecular weight excluding hydrogens is 619 g/mol. The van der Waals surface area contributed by atoms with Gasteiger partial charge in [0.2, 0.25) is 0 Å². The third-order valence-corrected chi connectivity index (χ3v) is 21.1. The molecule has 0 aromatic heterocycles. The zero-order valence-electron chi connectivity index (χ0n) is 23.4. The zero-order chi connectivity index (χ0) is 29.0. The van der Waals surface area contributed by atoms with E-state index in [0.29, 0.717) is 0 Å². The van der Waals surface area contributed by atoms with Crippen molar-refractivity contribution in [2.24, 2.45) is 0 Å². The van der Waals surface area contributed by atoms with Gasteiger partial charge in [0.1, 0.15) is 0 Å². The van der Waals surface area contributed by atoms with Gasteiger partial charge < -0.3 is 0 Å². The standard InChI is InChI=1S/C19H15.3C6H5.C2H3O2.Sn/c1-4-10-16(11-5-1)19(17-12-6-2-7-13-17)18-14-8-3-9-15-18;3*1-2-4-6-5-3-1;1-2(3)4;/h1-15H;3*1-5H;1H2,(H,3,4);. The van der Waals surface area contributed by atoms with Gasteiger partial charge in [-0.15, -0.1) is 0 Å². The maximum Gasteiger partial charge on any atom is 0.0629 e. The average Bonchev–Trinajstić information content (AvgIpc) is 3.07. The number of carbonyl (C=O) groups is 1. The smallest absolute Gasteiger partial charge is 0.0622 e. The van der Waals surface area contributed by atoms with E-state index in [0.717, 1.165) is 0 Å². The summed E-state index contributed by atoms with van der Waals surface area (Å²) in [6.07, 6.45) is 0. The molecule has 0 aliphatic carbocycles. The molecule has 0 saturated heterocycles. The van der Waals surface area contributed by atoms with Crippen LogP contribution in [0.2, 0.25) is 4.44 Å². The van der Waals surface area contributed by atoms with Gasteiger partial charge in [0.15, 0.2) is 0 Å². The Hall–Kier alpha value is -4.41. The Kier molecular flexibility index (Phi) is 10.0. The maximum atomic E-state index is 11.8. The molecule has 0 bridgehead atoms. The topological polar surface area (TPSA) is 37.3 Å². The van der Waals surface area contributed by atoms with Gasteiger partial charge in [0.05, 0.1) is 5.92 Å². The van der Waals surface area contributed by atoms with Gasteiger partial charge in [0.25, 0.3) is 0 Å². The number of rotatable bonds is 8. The van der Waals surface area contributed by atoms with Crippen LogP contribution in [-0.2, 0) is 4.79 Å². The fraction of sp³-hybridized carbons (Fsp3) is 0.0256. The first-order chi connectivity index (χ1) is 20.7. The Balaban J connectivity index is 0.000000171. The molecule has 3 heteroatoms. The Morgan fingerprint density at radius 1 is 0.405 bits per heavy atom. The minimum atomic E-state index is -3.55. The van der Waals surface area contributed by atoms with E-state index in [4.69, 9.17) is 0 Å². The van der Waals surface area contributed by atoms with Crippen LogP contribution in [0, 0.1) is 5.92 Å². The SMILES string of the molecule is O=C(O)[CH2][Sn]([c]1ccccc1)([c]1ccccc1)[c]1ccccc1.c1ccc([C](c2ccccc2)c2ccccc2)cc1. The number of aliphatic carboxylic acids is 1. The molecule has 42 heavy (non-hydrogen) atoms. The first kappa shape index (κ1) is 29.1. The van der Waals surface area contributed by atoms with Crippen molar-refractivity contribution in [3.05, 3.63) is 205 Å². The largest absolute Gasteiger partial charge is 0.0629 e. The summed E-state index contributed by atoms with van der Waals surface area (Å²) in [6.45, 7) is 0. The summed E-state index contributed by atoms with van der Waals surface area (Å²) in [4.78, 5) is 11.8. The van der Waals surface area contributed by atoms with Gasteiger partial charge in [-0.1, -0.05) is 91.0 Å². The van der Waals surface area contributed by atoms with E-state index in [1.54, 1.807) is 0 Å². The van der Waals surface area contributed by atoms with Crippen LogP contribution in [0.15, 0.2) is 182 Å². The fourth-order valence-electron chi connectivity index (χ4n) is 5.52. The monoisotopic (exact) mass is 653 g/mol. The minimum absolute atomic E-state index is 0.215. The molecule has 0 aliphatic heterocycles. The van der Waals surface area contributed by atoms with Crippen molar-refractivity contribution in [2.75, 3.05) is 0 Å². The predicted molar refractivity (Wildman–Crippen MR) is 176 cm³/mol. The van der Waals surface area contributed by atoms with Crippen molar-refractivity contribution in [1.82, 2.24) is 0 Å². The number of benzene rings is 6. The van der Waals surface area contributed by atoms with E-state index in [1.165, 1.54) is 33.3 Å². The molecular formula is C39H33O2Sn. The first-order valence-electron chi connectivity index (χ1n) is 14.1. The zero-order valence-corrected chi connectivity index (χ0v) is 26.2. The Morgan fingerprint density at radius 2 is 0.643 bits per heavy atom. The molecule has 0 aliphatic rings. The fourth-order valence-corrected chi connectivity index (χ4v) is 17.9. The van der Waals surface area contributed by atoms with Crippen molar-refractivity contribution in [3.8, 4) is 0 Å². The van der Waals surface area contributed by atoms with Gasteiger partial charge in [-0.05, 0) is 16.7 Å². The third-order valence-electron chi connectivity index (χ3n) is 7.40. The maximum absolute atomic E-state index is 11.8. The van der Waals surface area contributed by atoms with E-state index in [2.05, 4.69) is 127 Å². The number of carboxylic acid groups (broad SMARTS) is 1. The number of hydrogen-bond acceptors (Lipinski definition) is 1. The molecule has 0 unspecified atom stereocenters. The molecule has 6 rings (SSSR count). The summed E-state index contributed by atoms with van der Waals surface area (Å²) in [7, 11) is 0. The van der Waals surface area contributed by atoms with Gasteiger partial charge in [0, 0.05) is 0 Å². The molecule has 0 atom stereocenters. The van der Waals surface area contributed by atoms with Crippen molar-refractivity contribution in [3.63, 3.8) is 0 Å². The first-order valence-corrected chi connectivity index (χ1v) is 20.4. The van der Waals surface area contributed by atoms with Crippen LogP contribution in [0.25, 0.3) is 0 Å². The molecule has 6 aromatic carbocycles. The Morgan fingerprint density at radius 3 is 0.881 bits per heavy atom. The van der Waals surface area contributed by atoms with Crippen LogP contribution in [0.5, 0.6) is 0 Å². The Labute approximate surface area is 252 Å². The van der Waals surface area contributed by atoms with Gasteiger partial charge >= 0.3 is 140 Å². The van der Waals surface area contributed by atoms with Crippen LogP contribution < -0.4 is 10.7 Å². The summed E-state index contributed by atoms with van der Waals surface area (Å²) in [5.41, 5.74) is 3.75. The van der Waals surface area contributed by atoms with Crippen molar-refractivity contribution in [1.29, 1.82) is 0 Å². The van der Waals surface area contributed by atoms with Crippen molar-refractivity contribution >= 4 is 35.1 Å². The van der Waals surface area contributed by atoms with Crippen LogP contribution in [0.4, 0.5) is 0 Å². The second-order valence-electron chi connectivity index (χ2n) is 10.0. The summed E-state index contributed by atoms with van der Waals surface area (Å²) in [5, 5.41) is 9.69. The second-order valence-corrected chi connectivity index (χ2v) is 21.2. The number of hydrogen-bond donors (Lipinski definition) is 1. The van der Waals surface area contributed by atoms with Gasteiger partial charge in [-0.3, -0.25) is 0 Å². The van der Waals surface area contributed by atoms with E-state index < -0.39 is 24.3 Å². The molecule has 6 aromatic rings. The minimum Gasteiger partial charge on any atom is -0.0622 e. The van der Waals surface area contributed by atoms with Crippen LogP contribution in [-0.4, -0.2) is 29.5 Å². The molecule has 0 fully saturated rings. The summed E-state index contributed by atoms with van der Waals surface area (Å²) < 4.78 is 3.80. The van der Waals surface area contributed by atoms with Crippen molar-refractivity contribution in [2.45, 2.75) is 4.44 Å². The predicted octanol–water partition coefficient (Wildman–Crippen LogP) is 6.95. The molecule has 2 nitrogen and oxygen atoms in total. The van der Waals surface area contributed by atoms with E-state index in [9.17, 15) is 9.90 Å². The quantitative estimate of drug-likeness (QED) is 0.143. The van der Waals surface area contributed by atoms with Crippen molar-refractivity contribution < 1.29 is 9.90 Å². The second kappa shape index (κ2) is 14.5. The van der Waals surface area contributed by atoms with Crippen LogP contribution in [0.1, 0.15) is 16.7 Å². The number of carboxylic acids is 1. The van der Waals surface area contributed by atoms with Crippen LogP contribution >= 0.6 is 0 Å². The molecule has 205 valence electrons. The van der Waals surface area contributed by atoms with Crippen LogP contribution in [0.3, 0.4) is 0 Å².